The Labute approximate surface area is 154 Å². The molecule has 7 nitrogen and oxygen atoms in total. The number of benzene rings is 1. The van der Waals surface area contributed by atoms with Crippen LogP contribution in [-0.2, 0) is 30.7 Å². The Bertz CT molecular complexity index is 682. The van der Waals surface area contributed by atoms with Crippen LogP contribution in [0.2, 0.25) is 0 Å². The first-order chi connectivity index (χ1) is 12.0. The van der Waals surface area contributed by atoms with Gasteiger partial charge < -0.3 is 19.7 Å². The second-order valence-electron chi connectivity index (χ2n) is 6.16. The van der Waals surface area contributed by atoms with Crippen molar-refractivity contribution in [3.63, 3.8) is 0 Å². The second-order valence-corrected chi connectivity index (χ2v) is 8.10. The Morgan fingerprint density at radius 1 is 1.20 bits per heavy atom. The molecule has 2 amide bonds. The first kappa shape index (κ1) is 18.4. The molecule has 0 aromatic heterocycles. The lowest BCUT2D eigenvalue weighted by Gasteiger charge is -2.36. The third kappa shape index (κ3) is 3.90. The minimum atomic E-state index is -1.34. The zero-order valence-corrected chi connectivity index (χ0v) is 15.7. The molecule has 0 aliphatic carbocycles. The summed E-state index contributed by atoms with van der Waals surface area (Å²) < 4.78 is 11.2. The van der Waals surface area contributed by atoms with E-state index in [4.69, 9.17) is 11.2 Å². The maximum atomic E-state index is 12.8. The minimum Gasteiger partial charge on any atom is -0.315 e. The summed E-state index contributed by atoms with van der Waals surface area (Å²) in [4.78, 5) is 28.2. The lowest BCUT2D eigenvalue weighted by atomic mass is 10.0. The molecule has 0 saturated carbocycles. The van der Waals surface area contributed by atoms with Crippen molar-refractivity contribution in [2.75, 3.05) is 43.0 Å². The molecule has 25 heavy (non-hydrogen) atoms. The van der Waals surface area contributed by atoms with E-state index in [1.165, 1.54) is 0 Å². The van der Waals surface area contributed by atoms with E-state index >= 15 is 0 Å². The molecule has 0 bridgehead atoms. The molecule has 0 spiro atoms. The van der Waals surface area contributed by atoms with E-state index in [1.807, 2.05) is 24.3 Å². The number of hydrogen-bond acceptors (Lipinski definition) is 4. The quantitative estimate of drug-likeness (QED) is 0.791. The SMILES string of the molecule is CN(C1CCCN(c2ccc(N3CCNCC3=O)cc2)C1=O)S(O)=S. The highest BCUT2D eigenvalue weighted by Crippen LogP contribution is 2.26. The van der Waals surface area contributed by atoms with E-state index in [0.717, 1.165) is 24.3 Å². The molecule has 0 radical (unpaired) electrons. The van der Waals surface area contributed by atoms with Crippen LogP contribution < -0.4 is 15.1 Å². The number of piperidine rings is 1. The summed E-state index contributed by atoms with van der Waals surface area (Å²) in [7, 11) is 0.340. The molecule has 2 unspecified atom stereocenters. The lowest BCUT2D eigenvalue weighted by Crippen LogP contribution is -2.51. The highest BCUT2D eigenvalue weighted by Gasteiger charge is 2.33. The standard InChI is InChI=1S/C16H22N4O3S2/c1-18(25(23)24)14-3-2-9-20(16(14)22)13-6-4-12(5-7-13)19-10-8-17-11-15(19)21/h4-7,14,17H,2-3,8-11H2,1H3,(H,23,24). The third-order valence-electron chi connectivity index (χ3n) is 4.66. The number of piperazine rings is 1. The molecular formula is C16H22N4O3S2. The van der Waals surface area contributed by atoms with Crippen molar-refractivity contribution in [3.8, 4) is 0 Å². The number of rotatable bonds is 4. The molecule has 1 aromatic rings. The molecule has 2 fully saturated rings. The second kappa shape index (κ2) is 7.88. The summed E-state index contributed by atoms with van der Waals surface area (Å²) in [5.41, 5.74) is 1.65. The van der Waals surface area contributed by atoms with Gasteiger partial charge in [0.15, 0.2) is 0 Å². The van der Waals surface area contributed by atoms with Crippen LogP contribution in [0.3, 0.4) is 0 Å². The number of nitrogens with zero attached hydrogens (tertiary/aromatic N) is 3. The Morgan fingerprint density at radius 2 is 1.84 bits per heavy atom. The maximum absolute atomic E-state index is 12.8. The van der Waals surface area contributed by atoms with Crippen molar-refractivity contribution in [2.45, 2.75) is 18.9 Å². The summed E-state index contributed by atoms with van der Waals surface area (Å²) in [5, 5.41) is 3.05. The highest BCUT2D eigenvalue weighted by molar-refractivity contribution is 8.24. The maximum Gasteiger partial charge on any atom is 0.245 e. The van der Waals surface area contributed by atoms with Gasteiger partial charge in [-0.05, 0) is 48.3 Å². The number of carbonyl (C=O) groups excluding carboxylic acids is 2. The average Bonchev–Trinajstić information content (AvgIpc) is 2.62. The van der Waals surface area contributed by atoms with Gasteiger partial charge in [0.05, 0.1) is 16.5 Å². The van der Waals surface area contributed by atoms with E-state index < -0.39 is 16.0 Å². The van der Waals surface area contributed by atoms with E-state index in [-0.39, 0.29) is 11.8 Å². The fourth-order valence-electron chi connectivity index (χ4n) is 3.25. The van der Waals surface area contributed by atoms with Gasteiger partial charge in [-0.15, -0.1) is 0 Å². The van der Waals surface area contributed by atoms with Crippen LogP contribution in [0.4, 0.5) is 11.4 Å². The smallest absolute Gasteiger partial charge is 0.245 e. The predicted molar refractivity (Wildman–Crippen MR) is 102 cm³/mol. The monoisotopic (exact) mass is 382 g/mol. The summed E-state index contributed by atoms with van der Waals surface area (Å²) in [5.74, 6) is 0.00584. The van der Waals surface area contributed by atoms with Crippen LogP contribution in [0, 0.1) is 0 Å². The van der Waals surface area contributed by atoms with Crippen LogP contribution in [0.1, 0.15) is 12.8 Å². The number of likely N-dealkylation sites (N-methyl/N-ethyl adjacent to an activating group) is 1. The third-order valence-corrected chi connectivity index (χ3v) is 6.11. The number of nitrogens with one attached hydrogen (secondary N) is 1. The van der Waals surface area contributed by atoms with Gasteiger partial charge in [0.25, 0.3) is 0 Å². The molecule has 2 aliphatic heterocycles. The summed E-state index contributed by atoms with van der Waals surface area (Å²) in [6.07, 6.45) is 1.55. The number of carbonyl (C=O) groups is 2. The molecule has 2 aliphatic rings. The molecule has 136 valence electrons. The molecule has 2 heterocycles. The van der Waals surface area contributed by atoms with Gasteiger partial charge in [-0.2, -0.15) is 0 Å². The van der Waals surface area contributed by atoms with Crippen molar-refractivity contribution in [1.29, 1.82) is 0 Å². The van der Waals surface area contributed by atoms with Crippen LogP contribution >= 0.6 is 0 Å². The fraction of sp³-hybridized carbons (Fsp3) is 0.500. The van der Waals surface area contributed by atoms with Gasteiger partial charge in [0.1, 0.15) is 6.04 Å². The number of amides is 2. The lowest BCUT2D eigenvalue weighted by molar-refractivity contribution is -0.123. The largest absolute Gasteiger partial charge is 0.315 e. The first-order valence-electron chi connectivity index (χ1n) is 8.25. The van der Waals surface area contributed by atoms with Gasteiger partial charge in [-0.3, -0.25) is 9.59 Å². The Balaban J connectivity index is 1.76. The predicted octanol–water partition coefficient (Wildman–Crippen LogP) is 0.518. The Morgan fingerprint density at radius 3 is 2.44 bits per heavy atom. The minimum absolute atomic E-state index is 0.0452. The van der Waals surface area contributed by atoms with Crippen LogP contribution in [0.25, 0.3) is 0 Å². The number of hydrogen-bond donors (Lipinski definition) is 2. The average molecular weight is 383 g/mol. The molecule has 1 aromatic carbocycles. The number of anilines is 2. The van der Waals surface area contributed by atoms with E-state index in [0.29, 0.717) is 26.1 Å². The normalized spacial score (nSPS) is 23.2. The molecule has 2 N–H and O–H groups in total. The Kier molecular flexibility index (Phi) is 5.80. The summed E-state index contributed by atoms with van der Waals surface area (Å²) in [6.45, 7) is 2.41. The first-order valence-corrected chi connectivity index (χ1v) is 10.3. The van der Waals surface area contributed by atoms with Gasteiger partial charge in [-0.1, -0.05) is 0 Å². The zero-order valence-electron chi connectivity index (χ0n) is 14.1. The molecular weight excluding hydrogens is 360 g/mol. The van der Waals surface area contributed by atoms with E-state index in [9.17, 15) is 14.1 Å². The summed E-state index contributed by atoms with van der Waals surface area (Å²) in [6, 6.07) is 7.11. The summed E-state index contributed by atoms with van der Waals surface area (Å²) >= 11 is 4.89. The van der Waals surface area contributed by atoms with Gasteiger partial charge in [0.2, 0.25) is 11.8 Å². The van der Waals surface area contributed by atoms with Gasteiger partial charge in [0, 0.05) is 38.1 Å². The topological polar surface area (TPSA) is 76.1 Å². The molecule has 2 saturated heterocycles. The van der Waals surface area contributed by atoms with Crippen molar-refractivity contribution < 1.29 is 14.1 Å². The van der Waals surface area contributed by atoms with Crippen molar-refractivity contribution in [1.82, 2.24) is 9.62 Å². The molecule has 9 heteroatoms. The fourth-order valence-corrected chi connectivity index (χ4v) is 3.98. The van der Waals surface area contributed by atoms with Gasteiger partial charge >= 0.3 is 0 Å². The molecule has 2 atom stereocenters. The molecule has 3 rings (SSSR count). The van der Waals surface area contributed by atoms with E-state index in [1.54, 1.807) is 21.2 Å². The van der Waals surface area contributed by atoms with Crippen molar-refractivity contribution in [3.05, 3.63) is 24.3 Å². The van der Waals surface area contributed by atoms with Gasteiger partial charge in [-0.25, -0.2) is 4.31 Å². The Hall–Kier alpha value is -1.39. The van der Waals surface area contributed by atoms with Crippen LogP contribution in [0.5, 0.6) is 0 Å². The van der Waals surface area contributed by atoms with Crippen LogP contribution in [0.15, 0.2) is 24.3 Å². The van der Waals surface area contributed by atoms with Crippen molar-refractivity contribution >= 4 is 44.3 Å². The van der Waals surface area contributed by atoms with Crippen molar-refractivity contribution in [2.24, 2.45) is 0 Å². The van der Waals surface area contributed by atoms with Crippen LogP contribution in [-0.4, -0.2) is 59.9 Å². The van der Waals surface area contributed by atoms with E-state index in [2.05, 4.69) is 5.32 Å². The zero-order chi connectivity index (χ0) is 18.0. The highest BCUT2D eigenvalue weighted by atomic mass is 32.8.